The van der Waals surface area contributed by atoms with Gasteiger partial charge < -0.3 is 15.0 Å². The summed E-state index contributed by atoms with van der Waals surface area (Å²) in [6, 6.07) is 20.7. The van der Waals surface area contributed by atoms with Gasteiger partial charge in [-0.05, 0) is 62.4 Å². The number of hydrogen-bond donors (Lipinski definition) is 1. The molecule has 0 spiro atoms. The normalized spacial score (nSPS) is 10.5. The maximum Gasteiger partial charge on any atom is 0.258 e. The van der Waals surface area contributed by atoms with Crippen molar-refractivity contribution in [1.29, 1.82) is 0 Å². The van der Waals surface area contributed by atoms with Crippen molar-refractivity contribution in [2.75, 3.05) is 17.3 Å². The highest BCUT2D eigenvalue weighted by Gasteiger charge is 2.14. The van der Waals surface area contributed by atoms with Gasteiger partial charge in [-0.2, -0.15) is 0 Å². The molecule has 2 aromatic carbocycles. The summed E-state index contributed by atoms with van der Waals surface area (Å²) in [6.45, 7) is 3.98. The van der Waals surface area contributed by atoms with E-state index in [0.29, 0.717) is 11.4 Å². The summed E-state index contributed by atoms with van der Waals surface area (Å²) in [5.74, 6) is 1.34. The molecule has 1 aromatic heterocycles. The number of anilines is 3. The molecule has 0 saturated heterocycles. The molecule has 0 aliphatic rings. The molecule has 1 N–H and O–H groups in total. The van der Waals surface area contributed by atoms with Crippen LogP contribution in [0.3, 0.4) is 0 Å². The number of carbonyl (C=O) groups excluding carboxylic acids is 1. The van der Waals surface area contributed by atoms with Crippen LogP contribution < -0.4 is 15.0 Å². The van der Waals surface area contributed by atoms with E-state index in [4.69, 9.17) is 4.74 Å². The Morgan fingerprint density at radius 3 is 2.41 bits per heavy atom. The second-order valence-corrected chi connectivity index (χ2v) is 6.45. The number of nitrogens with one attached hydrogen (secondary N) is 1. The van der Waals surface area contributed by atoms with Crippen LogP contribution in [0.2, 0.25) is 0 Å². The molecule has 0 aliphatic carbocycles. The summed E-state index contributed by atoms with van der Waals surface area (Å²) in [7, 11) is 1.76. The van der Waals surface area contributed by atoms with Gasteiger partial charge in [-0.1, -0.05) is 18.2 Å². The van der Waals surface area contributed by atoms with Gasteiger partial charge in [0.1, 0.15) is 11.6 Å². The predicted octanol–water partition coefficient (Wildman–Crippen LogP) is 4.89. The van der Waals surface area contributed by atoms with Crippen molar-refractivity contribution in [2.45, 2.75) is 20.0 Å². The molecule has 3 rings (SSSR count). The number of ether oxygens (including phenoxy) is 1. The van der Waals surface area contributed by atoms with Crippen molar-refractivity contribution in [1.82, 2.24) is 4.98 Å². The van der Waals surface area contributed by atoms with Crippen LogP contribution in [0.4, 0.5) is 17.2 Å². The number of hydrogen-bond acceptors (Lipinski definition) is 4. The molecule has 138 valence electrons. The van der Waals surface area contributed by atoms with E-state index in [1.54, 1.807) is 30.3 Å². The third kappa shape index (κ3) is 4.85. The van der Waals surface area contributed by atoms with Gasteiger partial charge in [-0.15, -0.1) is 0 Å². The summed E-state index contributed by atoms with van der Waals surface area (Å²) in [5, 5.41) is 3.22. The lowest BCUT2D eigenvalue weighted by molar-refractivity contribution is 0.0993. The maximum atomic E-state index is 12.8. The first-order chi connectivity index (χ1) is 13.0. The largest absolute Gasteiger partial charge is 0.491 e. The highest BCUT2D eigenvalue weighted by Crippen LogP contribution is 2.21. The quantitative estimate of drug-likeness (QED) is 0.679. The zero-order valence-electron chi connectivity index (χ0n) is 15.7. The number of benzene rings is 2. The first-order valence-corrected chi connectivity index (χ1v) is 8.86. The Labute approximate surface area is 159 Å². The van der Waals surface area contributed by atoms with Gasteiger partial charge in [-0.25, -0.2) is 4.98 Å². The van der Waals surface area contributed by atoms with Gasteiger partial charge >= 0.3 is 0 Å². The zero-order valence-corrected chi connectivity index (χ0v) is 15.7. The SMILES string of the molecule is CC(C)Oc1ccc(Nc2cc(C(=O)N(C)c3ccccc3)ccn2)cc1. The average Bonchev–Trinajstić information content (AvgIpc) is 2.69. The second-order valence-electron chi connectivity index (χ2n) is 6.45. The van der Waals surface area contributed by atoms with E-state index in [9.17, 15) is 4.79 Å². The van der Waals surface area contributed by atoms with E-state index in [2.05, 4.69) is 10.3 Å². The molecule has 1 amide bonds. The van der Waals surface area contributed by atoms with E-state index in [1.165, 1.54) is 0 Å². The van der Waals surface area contributed by atoms with E-state index >= 15 is 0 Å². The molecule has 1 heterocycles. The molecule has 0 atom stereocenters. The number of pyridine rings is 1. The van der Waals surface area contributed by atoms with Gasteiger partial charge in [0, 0.05) is 30.2 Å². The first-order valence-electron chi connectivity index (χ1n) is 8.86. The third-order valence-electron chi connectivity index (χ3n) is 3.95. The van der Waals surface area contributed by atoms with Crippen molar-refractivity contribution in [2.24, 2.45) is 0 Å². The summed E-state index contributed by atoms with van der Waals surface area (Å²) in [6.07, 6.45) is 1.76. The molecule has 27 heavy (non-hydrogen) atoms. The lowest BCUT2D eigenvalue weighted by Crippen LogP contribution is -2.26. The van der Waals surface area contributed by atoms with Gasteiger partial charge in [0.2, 0.25) is 0 Å². The predicted molar refractivity (Wildman–Crippen MR) is 109 cm³/mol. The van der Waals surface area contributed by atoms with Crippen molar-refractivity contribution >= 4 is 23.1 Å². The van der Waals surface area contributed by atoms with Crippen molar-refractivity contribution < 1.29 is 9.53 Å². The van der Waals surface area contributed by atoms with E-state index < -0.39 is 0 Å². The van der Waals surface area contributed by atoms with Crippen LogP contribution in [0.25, 0.3) is 0 Å². The van der Waals surface area contributed by atoms with Crippen LogP contribution in [0, 0.1) is 0 Å². The Kier molecular flexibility index (Phi) is 5.71. The van der Waals surface area contributed by atoms with Crippen LogP contribution >= 0.6 is 0 Å². The first kappa shape index (κ1) is 18.5. The van der Waals surface area contributed by atoms with Crippen LogP contribution in [0.1, 0.15) is 24.2 Å². The minimum Gasteiger partial charge on any atom is -0.491 e. The van der Waals surface area contributed by atoms with Gasteiger partial charge in [0.15, 0.2) is 0 Å². The van der Waals surface area contributed by atoms with Crippen LogP contribution in [0.5, 0.6) is 5.75 Å². The fourth-order valence-electron chi connectivity index (χ4n) is 2.63. The van der Waals surface area contributed by atoms with Crippen molar-refractivity contribution in [3.05, 3.63) is 78.5 Å². The zero-order chi connectivity index (χ0) is 19.2. The average molecular weight is 361 g/mol. The topological polar surface area (TPSA) is 54.5 Å². The van der Waals surface area contributed by atoms with Crippen LogP contribution in [-0.2, 0) is 0 Å². The fourth-order valence-corrected chi connectivity index (χ4v) is 2.63. The summed E-state index contributed by atoms with van der Waals surface area (Å²) >= 11 is 0. The molecule has 0 aliphatic heterocycles. The molecular weight excluding hydrogens is 338 g/mol. The minimum absolute atomic E-state index is 0.0904. The monoisotopic (exact) mass is 361 g/mol. The second kappa shape index (κ2) is 8.36. The number of amides is 1. The number of para-hydroxylation sites is 1. The molecule has 0 bridgehead atoms. The highest BCUT2D eigenvalue weighted by molar-refractivity contribution is 6.06. The molecule has 0 unspecified atom stereocenters. The van der Waals surface area contributed by atoms with Gasteiger partial charge in [-0.3, -0.25) is 4.79 Å². The highest BCUT2D eigenvalue weighted by atomic mass is 16.5. The Morgan fingerprint density at radius 1 is 1.04 bits per heavy atom. The number of rotatable bonds is 6. The Hall–Kier alpha value is -3.34. The maximum absolute atomic E-state index is 12.8. The van der Waals surface area contributed by atoms with Gasteiger partial charge in [0.25, 0.3) is 5.91 Å². The molecule has 3 aromatic rings. The summed E-state index contributed by atoms with van der Waals surface area (Å²) < 4.78 is 5.64. The molecule has 0 radical (unpaired) electrons. The summed E-state index contributed by atoms with van der Waals surface area (Å²) in [4.78, 5) is 18.7. The Morgan fingerprint density at radius 2 is 1.74 bits per heavy atom. The minimum atomic E-state index is -0.0904. The summed E-state index contributed by atoms with van der Waals surface area (Å²) in [5.41, 5.74) is 2.28. The van der Waals surface area contributed by atoms with Crippen molar-refractivity contribution in [3.63, 3.8) is 0 Å². The van der Waals surface area contributed by atoms with Gasteiger partial charge in [0.05, 0.1) is 6.10 Å². The molecular formula is C22H23N3O2. The number of carbonyl (C=O) groups is 1. The van der Waals surface area contributed by atoms with Crippen molar-refractivity contribution in [3.8, 4) is 5.75 Å². The number of nitrogens with zero attached hydrogens (tertiary/aromatic N) is 2. The molecule has 5 heteroatoms. The third-order valence-corrected chi connectivity index (χ3v) is 3.95. The van der Waals surface area contributed by atoms with E-state index in [-0.39, 0.29) is 12.0 Å². The Bertz CT molecular complexity index is 893. The molecule has 0 fully saturated rings. The van der Waals surface area contributed by atoms with Crippen LogP contribution in [0.15, 0.2) is 72.9 Å². The van der Waals surface area contributed by atoms with E-state index in [0.717, 1.165) is 17.1 Å². The van der Waals surface area contributed by atoms with Crippen LogP contribution in [-0.4, -0.2) is 24.0 Å². The molecule has 5 nitrogen and oxygen atoms in total. The smallest absolute Gasteiger partial charge is 0.258 e. The fraction of sp³-hybridized carbons (Fsp3) is 0.182. The Balaban J connectivity index is 1.72. The standard InChI is InChI=1S/C22H23N3O2/c1-16(2)27-20-11-9-18(10-12-20)24-21-15-17(13-14-23-21)22(26)25(3)19-7-5-4-6-8-19/h4-16H,1-3H3,(H,23,24). The lowest BCUT2D eigenvalue weighted by Gasteiger charge is -2.17. The molecule has 0 saturated carbocycles. The number of aromatic nitrogens is 1. The lowest BCUT2D eigenvalue weighted by atomic mass is 10.2. The van der Waals surface area contributed by atoms with E-state index in [1.807, 2.05) is 68.4 Å².